The maximum Gasteiger partial charge on any atom is 0.143 e. The molecule has 0 radical (unpaired) electrons. The van der Waals surface area contributed by atoms with Gasteiger partial charge < -0.3 is 10.5 Å². The molecule has 0 spiro atoms. The first kappa shape index (κ1) is 14.0. The molecule has 0 aliphatic carbocycles. The Morgan fingerprint density at radius 3 is 2.39 bits per heavy atom. The summed E-state index contributed by atoms with van der Waals surface area (Å²) in [5.74, 6) is 0.786. The summed E-state index contributed by atoms with van der Waals surface area (Å²) in [6, 6.07) is 22.6. The van der Waals surface area contributed by atoms with Gasteiger partial charge in [0.25, 0.3) is 0 Å². The molecule has 2 N–H and O–H groups in total. The number of hydrogen-bond donors (Lipinski definition) is 1. The highest BCUT2D eigenvalue weighted by molar-refractivity contribution is 5.64. The third-order valence-corrected chi connectivity index (χ3v) is 4.45. The van der Waals surface area contributed by atoms with Gasteiger partial charge in [0.05, 0.1) is 12.1 Å². The van der Waals surface area contributed by atoms with E-state index in [2.05, 4.69) is 41.4 Å². The molecular formula is C20H18N2O. The highest BCUT2D eigenvalue weighted by Crippen LogP contribution is 2.38. The van der Waals surface area contributed by atoms with Crippen molar-refractivity contribution < 1.29 is 4.74 Å². The molecule has 0 saturated carbocycles. The van der Waals surface area contributed by atoms with Gasteiger partial charge in [-0.25, -0.2) is 0 Å². The summed E-state index contributed by atoms with van der Waals surface area (Å²) in [6.07, 6.45) is 2.50. The van der Waals surface area contributed by atoms with Crippen molar-refractivity contribution in [3.05, 3.63) is 84.2 Å². The number of aromatic nitrogens is 1. The van der Waals surface area contributed by atoms with Gasteiger partial charge in [-0.05, 0) is 28.8 Å². The lowest BCUT2D eigenvalue weighted by atomic mass is 9.82. The van der Waals surface area contributed by atoms with Crippen LogP contribution in [0.15, 0.2) is 72.9 Å². The van der Waals surface area contributed by atoms with Crippen LogP contribution in [0, 0.1) is 0 Å². The number of benzene rings is 2. The van der Waals surface area contributed by atoms with Crippen LogP contribution < -0.4 is 10.5 Å². The summed E-state index contributed by atoms with van der Waals surface area (Å²) in [4.78, 5) is 4.48. The average molecular weight is 302 g/mol. The topological polar surface area (TPSA) is 48.1 Å². The minimum Gasteiger partial charge on any atom is -0.491 e. The molecule has 0 saturated heterocycles. The lowest BCUT2D eigenvalue weighted by Gasteiger charge is -2.34. The molecule has 1 aliphatic heterocycles. The van der Waals surface area contributed by atoms with Crippen molar-refractivity contribution in [2.75, 3.05) is 6.61 Å². The summed E-state index contributed by atoms with van der Waals surface area (Å²) in [6.45, 7) is 0.607. The lowest BCUT2D eigenvalue weighted by Crippen LogP contribution is -2.43. The second kappa shape index (κ2) is 5.52. The SMILES string of the molecule is N[C@]1(c2ccc(-c3ccccc3)cc2)CCOc2cccnc21. The van der Waals surface area contributed by atoms with Crippen molar-refractivity contribution >= 4 is 0 Å². The molecular weight excluding hydrogens is 284 g/mol. The molecule has 3 heteroatoms. The van der Waals surface area contributed by atoms with Gasteiger partial charge in [0.15, 0.2) is 0 Å². The molecule has 4 rings (SSSR count). The Balaban J connectivity index is 1.74. The lowest BCUT2D eigenvalue weighted by molar-refractivity contribution is 0.232. The molecule has 0 unspecified atom stereocenters. The number of nitrogens with two attached hydrogens (primary N) is 1. The minimum atomic E-state index is -0.593. The second-order valence-electron chi connectivity index (χ2n) is 5.86. The fourth-order valence-electron chi connectivity index (χ4n) is 3.15. The van der Waals surface area contributed by atoms with E-state index in [1.807, 2.05) is 30.3 Å². The predicted molar refractivity (Wildman–Crippen MR) is 91.2 cm³/mol. The van der Waals surface area contributed by atoms with Crippen molar-refractivity contribution in [1.82, 2.24) is 4.98 Å². The van der Waals surface area contributed by atoms with Gasteiger partial charge in [-0.2, -0.15) is 0 Å². The van der Waals surface area contributed by atoms with Crippen LogP contribution in [0.3, 0.4) is 0 Å². The quantitative estimate of drug-likeness (QED) is 0.784. The maximum atomic E-state index is 6.74. The molecule has 0 fully saturated rings. The van der Waals surface area contributed by atoms with E-state index < -0.39 is 5.54 Å². The van der Waals surface area contributed by atoms with E-state index >= 15 is 0 Å². The number of pyridine rings is 1. The van der Waals surface area contributed by atoms with E-state index in [0.717, 1.165) is 23.4 Å². The Morgan fingerprint density at radius 2 is 1.61 bits per heavy atom. The summed E-state index contributed by atoms with van der Waals surface area (Å²) >= 11 is 0. The molecule has 1 aromatic heterocycles. The molecule has 3 aromatic rings. The van der Waals surface area contributed by atoms with Gasteiger partial charge >= 0.3 is 0 Å². The summed E-state index contributed by atoms with van der Waals surface area (Å²) in [7, 11) is 0. The summed E-state index contributed by atoms with van der Waals surface area (Å²) in [5.41, 5.74) is 10.4. The second-order valence-corrected chi connectivity index (χ2v) is 5.86. The molecule has 0 amide bonds. The van der Waals surface area contributed by atoms with Crippen LogP contribution >= 0.6 is 0 Å². The molecule has 0 bridgehead atoms. The van der Waals surface area contributed by atoms with Gasteiger partial charge in [-0.15, -0.1) is 0 Å². The number of ether oxygens (including phenoxy) is 1. The number of rotatable bonds is 2. The molecule has 1 atom stereocenters. The van der Waals surface area contributed by atoms with Gasteiger partial charge in [0.1, 0.15) is 11.4 Å². The van der Waals surface area contributed by atoms with E-state index in [0.29, 0.717) is 6.61 Å². The van der Waals surface area contributed by atoms with E-state index in [1.54, 1.807) is 6.20 Å². The Kier molecular flexibility index (Phi) is 3.36. The first-order chi connectivity index (χ1) is 11.3. The van der Waals surface area contributed by atoms with Crippen molar-refractivity contribution in [3.63, 3.8) is 0 Å². The van der Waals surface area contributed by atoms with Gasteiger partial charge in [0.2, 0.25) is 0 Å². The fraction of sp³-hybridized carbons (Fsp3) is 0.150. The highest BCUT2D eigenvalue weighted by Gasteiger charge is 2.37. The van der Waals surface area contributed by atoms with Crippen LogP contribution in [0.4, 0.5) is 0 Å². The first-order valence-corrected chi connectivity index (χ1v) is 7.80. The average Bonchev–Trinajstić information content (AvgIpc) is 2.63. The van der Waals surface area contributed by atoms with Crippen LogP contribution in [0.5, 0.6) is 5.75 Å². The number of fused-ring (bicyclic) bond motifs is 1. The van der Waals surface area contributed by atoms with Crippen molar-refractivity contribution in [3.8, 4) is 16.9 Å². The standard InChI is InChI=1S/C20H18N2O/c21-20(12-14-23-18-7-4-13-22-19(18)20)17-10-8-16(9-11-17)15-5-2-1-3-6-15/h1-11,13H,12,14,21H2/t20-/m0/s1. The number of hydrogen-bond acceptors (Lipinski definition) is 3. The molecule has 1 aliphatic rings. The minimum absolute atomic E-state index is 0.593. The van der Waals surface area contributed by atoms with Crippen LogP contribution in [0.25, 0.3) is 11.1 Å². The normalized spacial score (nSPS) is 19.7. The van der Waals surface area contributed by atoms with E-state index in [1.165, 1.54) is 11.1 Å². The van der Waals surface area contributed by atoms with Gasteiger partial charge in [-0.1, -0.05) is 54.6 Å². The third kappa shape index (κ3) is 2.39. The molecule has 2 heterocycles. The van der Waals surface area contributed by atoms with Crippen LogP contribution in [-0.2, 0) is 5.54 Å². The fourth-order valence-corrected chi connectivity index (χ4v) is 3.15. The van der Waals surface area contributed by atoms with E-state index in [9.17, 15) is 0 Å². The molecule has 23 heavy (non-hydrogen) atoms. The van der Waals surface area contributed by atoms with Gasteiger partial charge in [0, 0.05) is 12.6 Å². The first-order valence-electron chi connectivity index (χ1n) is 7.80. The third-order valence-electron chi connectivity index (χ3n) is 4.45. The van der Waals surface area contributed by atoms with Gasteiger partial charge in [-0.3, -0.25) is 4.98 Å². The van der Waals surface area contributed by atoms with Crippen molar-refractivity contribution in [2.45, 2.75) is 12.0 Å². The van der Waals surface area contributed by atoms with Crippen LogP contribution in [-0.4, -0.2) is 11.6 Å². The van der Waals surface area contributed by atoms with Crippen LogP contribution in [0.1, 0.15) is 17.7 Å². The smallest absolute Gasteiger partial charge is 0.143 e. The van der Waals surface area contributed by atoms with Crippen molar-refractivity contribution in [1.29, 1.82) is 0 Å². The summed E-state index contributed by atoms with van der Waals surface area (Å²) < 4.78 is 5.69. The zero-order chi connectivity index (χ0) is 15.7. The molecule has 2 aromatic carbocycles. The highest BCUT2D eigenvalue weighted by atomic mass is 16.5. The monoisotopic (exact) mass is 302 g/mol. The zero-order valence-corrected chi connectivity index (χ0v) is 12.8. The van der Waals surface area contributed by atoms with E-state index in [-0.39, 0.29) is 0 Å². The maximum absolute atomic E-state index is 6.74. The molecule has 114 valence electrons. The number of nitrogens with zero attached hydrogens (tertiary/aromatic N) is 1. The van der Waals surface area contributed by atoms with Crippen LogP contribution in [0.2, 0.25) is 0 Å². The Hall–Kier alpha value is -2.65. The Morgan fingerprint density at radius 1 is 0.870 bits per heavy atom. The predicted octanol–water partition coefficient (Wildman–Crippen LogP) is 3.73. The molecule has 3 nitrogen and oxygen atoms in total. The Labute approximate surface area is 135 Å². The zero-order valence-electron chi connectivity index (χ0n) is 12.8. The largest absolute Gasteiger partial charge is 0.491 e. The van der Waals surface area contributed by atoms with Crippen molar-refractivity contribution in [2.24, 2.45) is 5.73 Å². The Bertz CT molecular complexity index is 815. The summed E-state index contributed by atoms with van der Waals surface area (Å²) in [5, 5.41) is 0. The van der Waals surface area contributed by atoms with E-state index in [4.69, 9.17) is 10.5 Å².